The van der Waals surface area contributed by atoms with E-state index in [0.29, 0.717) is 13.1 Å². The number of rotatable bonds is 6. The van der Waals surface area contributed by atoms with E-state index in [4.69, 9.17) is 0 Å². The van der Waals surface area contributed by atoms with Crippen molar-refractivity contribution in [2.75, 3.05) is 23.9 Å². The molecular formula is C12H18N2O3S. The summed E-state index contributed by atoms with van der Waals surface area (Å²) in [5.74, 6) is -0.0199. The molecule has 5 nitrogen and oxygen atoms in total. The number of carbonyl (C=O) groups is 1. The van der Waals surface area contributed by atoms with Crippen LogP contribution in [-0.2, 0) is 21.2 Å². The molecule has 0 heterocycles. The van der Waals surface area contributed by atoms with Crippen molar-refractivity contribution in [2.24, 2.45) is 0 Å². The Kier molecular flexibility index (Phi) is 5.30. The Labute approximate surface area is 108 Å². The molecule has 0 fully saturated rings. The van der Waals surface area contributed by atoms with Crippen molar-refractivity contribution in [3.8, 4) is 0 Å². The summed E-state index contributed by atoms with van der Waals surface area (Å²) in [5.41, 5.74) is 1.68. The highest BCUT2D eigenvalue weighted by Gasteiger charge is 2.04. The van der Waals surface area contributed by atoms with Gasteiger partial charge in [-0.25, -0.2) is 8.42 Å². The maximum Gasteiger partial charge on any atom is 0.221 e. The van der Waals surface area contributed by atoms with Crippen molar-refractivity contribution in [3.63, 3.8) is 0 Å². The molecule has 0 aliphatic heterocycles. The summed E-state index contributed by atoms with van der Waals surface area (Å²) in [7, 11) is -2.94. The predicted octanol–water partition coefficient (Wildman–Crippen LogP) is 0.779. The van der Waals surface area contributed by atoms with Crippen LogP contribution in [0.4, 0.5) is 5.69 Å². The molecule has 6 heteroatoms. The molecule has 0 saturated carbocycles. The SMILES string of the molecule is CC(=O)Nc1ccccc1CNCCS(C)(=O)=O. The smallest absolute Gasteiger partial charge is 0.221 e. The van der Waals surface area contributed by atoms with E-state index in [1.54, 1.807) is 0 Å². The monoisotopic (exact) mass is 270 g/mol. The molecule has 0 aliphatic rings. The molecule has 2 N–H and O–H groups in total. The Balaban J connectivity index is 2.54. The summed E-state index contributed by atoms with van der Waals surface area (Å²) in [6, 6.07) is 7.41. The Morgan fingerprint density at radius 1 is 1.28 bits per heavy atom. The maximum atomic E-state index is 11.0. The van der Waals surface area contributed by atoms with Gasteiger partial charge in [0.2, 0.25) is 5.91 Å². The topological polar surface area (TPSA) is 75.3 Å². The van der Waals surface area contributed by atoms with Crippen LogP contribution in [0.5, 0.6) is 0 Å². The Morgan fingerprint density at radius 2 is 1.94 bits per heavy atom. The fourth-order valence-corrected chi connectivity index (χ4v) is 1.98. The first kappa shape index (κ1) is 14.7. The van der Waals surface area contributed by atoms with Crippen molar-refractivity contribution in [3.05, 3.63) is 29.8 Å². The number of carbonyl (C=O) groups excluding carboxylic acids is 1. The Morgan fingerprint density at radius 3 is 2.56 bits per heavy atom. The van der Waals surface area contributed by atoms with Crippen LogP contribution in [0.1, 0.15) is 12.5 Å². The van der Waals surface area contributed by atoms with E-state index in [2.05, 4.69) is 10.6 Å². The van der Waals surface area contributed by atoms with Crippen LogP contribution in [0, 0.1) is 0 Å². The van der Waals surface area contributed by atoms with Gasteiger partial charge in [0.25, 0.3) is 0 Å². The third kappa shape index (κ3) is 5.79. The van der Waals surface area contributed by atoms with Gasteiger partial charge in [0, 0.05) is 32.0 Å². The Hall–Kier alpha value is -1.40. The summed E-state index contributed by atoms with van der Waals surface area (Å²) in [5, 5.41) is 5.77. The largest absolute Gasteiger partial charge is 0.326 e. The Bertz CT molecular complexity index is 512. The van der Waals surface area contributed by atoms with Gasteiger partial charge in [-0.15, -0.1) is 0 Å². The molecule has 1 rings (SSSR count). The highest BCUT2D eigenvalue weighted by Crippen LogP contribution is 2.14. The van der Waals surface area contributed by atoms with Gasteiger partial charge in [0.1, 0.15) is 9.84 Å². The lowest BCUT2D eigenvalue weighted by molar-refractivity contribution is -0.114. The van der Waals surface area contributed by atoms with E-state index in [0.717, 1.165) is 11.3 Å². The molecule has 0 atom stereocenters. The van der Waals surface area contributed by atoms with Gasteiger partial charge < -0.3 is 10.6 Å². The lowest BCUT2D eigenvalue weighted by Crippen LogP contribution is -2.22. The second-order valence-corrected chi connectivity index (χ2v) is 6.40. The average molecular weight is 270 g/mol. The van der Waals surface area contributed by atoms with Crippen LogP contribution < -0.4 is 10.6 Å². The number of hydrogen-bond acceptors (Lipinski definition) is 4. The molecule has 1 aromatic rings. The van der Waals surface area contributed by atoms with Crippen LogP contribution >= 0.6 is 0 Å². The van der Waals surface area contributed by atoms with Crippen LogP contribution in [0.2, 0.25) is 0 Å². The highest BCUT2D eigenvalue weighted by molar-refractivity contribution is 7.90. The molecule has 1 amide bonds. The lowest BCUT2D eigenvalue weighted by Gasteiger charge is -2.10. The molecule has 18 heavy (non-hydrogen) atoms. The number of nitrogens with one attached hydrogen (secondary N) is 2. The number of benzene rings is 1. The van der Waals surface area contributed by atoms with Crippen LogP contribution in [-0.4, -0.2) is 32.9 Å². The second-order valence-electron chi connectivity index (χ2n) is 4.14. The normalized spacial score (nSPS) is 11.2. The predicted molar refractivity (Wildman–Crippen MR) is 72.2 cm³/mol. The summed E-state index contributed by atoms with van der Waals surface area (Å²) < 4.78 is 21.9. The quantitative estimate of drug-likeness (QED) is 0.749. The first-order valence-corrected chi connectivity index (χ1v) is 7.68. The molecular weight excluding hydrogens is 252 g/mol. The van der Waals surface area contributed by atoms with E-state index in [1.165, 1.54) is 13.2 Å². The van der Waals surface area contributed by atoms with Gasteiger partial charge in [-0.05, 0) is 11.6 Å². The molecule has 0 aliphatic carbocycles. The van der Waals surface area contributed by atoms with Crippen LogP contribution in [0.3, 0.4) is 0 Å². The van der Waals surface area contributed by atoms with Gasteiger partial charge in [0.05, 0.1) is 5.75 Å². The third-order valence-corrected chi connectivity index (χ3v) is 3.24. The molecule has 100 valence electrons. The second kappa shape index (κ2) is 6.51. The van der Waals surface area contributed by atoms with Gasteiger partial charge in [0.15, 0.2) is 0 Å². The minimum absolute atomic E-state index is 0.106. The fourth-order valence-electron chi connectivity index (χ4n) is 1.47. The molecule has 1 aromatic carbocycles. The molecule has 0 spiro atoms. The highest BCUT2D eigenvalue weighted by atomic mass is 32.2. The van der Waals surface area contributed by atoms with Crippen molar-refractivity contribution in [2.45, 2.75) is 13.5 Å². The van der Waals surface area contributed by atoms with E-state index in [9.17, 15) is 13.2 Å². The molecule has 0 aromatic heterocycles. The number of hydrogen-bond donors (Lipinski definition) is 2. The van der Waals surface area contributed by atoms with Crippen molar-refractivity contribution in [1.29, 1.82) is 0 Å². The number of para-hydroxylation sites is 1. The van der Waals surface area contributed by atoms with Crippen LogP contribution in [0.15, 0.2) is 24.3 Å². The van der Waals surface area contributed by atoms with Gasteiger partial charge in [-0.1, -0.05) is 18.2 Å². The number of amides is 1. The van der Waals surface area contributed by atoms with Gasteiger partial charge in [-0.2, -0.15) is 0 Å². The lowest BCUT2D eigenvalue weighted by atomic mass is 10.1. The van der Waals surface area contributed by atoms with Gasteiger partial charge in [-0.3, -0.25) is 4.79 Å². The van der Waals surface area contributed by atoms with Crippen molar-refractivity contribution < 1.29 is 13.2 Å². The zero-order valence-corrected chi connectivity index (χ0v) is 11.4. The standard InChI is InChI=1S/C12H18N2O3S/c1-10(15)14-12-6-4-3-5-11(12)9-13-7-8-18(2,16)17/h3-6,13H,7-9H2,1-2H3,(H,14,15). The molecule has 0 bridgehead atoms. The minimum atomic E-state index is -2.94. The fraction of sp³-hybridized carbons (Fsp3) is 0.417. The number of sulfone groups is 1. The maximum absolute atomic E-state index is 11.0. The first-order valence-electron chi connectivity index (χ1n) is 5.62. The van der Waals surface area contributed by atoms with E-state index >= 15 is 0 Å². The van der Waals surface area contributed by atoms with Crippen LogP contribution in [0.25, 0.3) is 0 Å². The third-order valence-electron chi connectivity index (χ3n) is 2.29. The molecule has 0 unspecified atom stereocenters. The van der Waals surface area contributed by atoms with E-state index in [-0.39, 0.29) is 11.7 Å². The van der Waals surface area contributed by atoms with Gasteiger partial charge >= 0.3 is 0 Å². The van der Waals surface area contributed by atoms with Crippen molar-refractivity contribution in [1.82, 2.24) is 5.32 Å². The molecule has 0 radical (unpaired) electrons. The average Bonchev–Trinajstić information content (AvgIpc) is 2.24. The van der Waals surface area contributed by atoms with E-state index in [1.807, 2.05) is 24.3 Å². The zero-order valence-electron chi connectivity index (χ0n) is 10.6. The summed E-state index contributed by atoms with van der Waals surface area (Å²) in [6.45, 7) is 2.37. The van der Waals surface area contributed by atoms with Crippen molar-refractivity contribution >= 4 is 21.4 Å². The molecule has 0 saturated heterocycles. The summed E-state index contributed by atoms with van der Waals surface area (Å²) >= 11 is 0. The van der Waals surface area contributed by atoms with E-state index < -0.39 is 9.84 Å². The summed E-state index contributed by atoms with van der Waals surface area (Å²) in [4.78, 5) is 11.0. The minimum Gasteiger partial charge on any atom is -0.326 e. The summed E-state index contributed by atoms with van der Waals surface area (Å²) in [6.07, 6.45) is 1.21. The number of anilines is 1. The first-order chi connectivity index (χ1) is 8.38. The zero-order chi connectivity index (χ0) is 13.6.